The first-order valence-electron chi connectivity index (χ1n) is 12.4. The molecule has 2 aliphatic rings. The van der Waals surface area contributed by atoms with Crippen LogP contribution in [0.1, 0.15) is 60.3 Å². The lowest BCUT2D eigenvalue weighted by Gasteiger charge is -2.31. The molecule has 2 saturated heterocycles. The predicted molar refractivity (Wildman–Crippen MR) is 134 cm³/mol. The molecule has 6 heteroatoms. The van der Waals surface area contributed by atoms with Crippen molar-refractivity contribution >= 4 is 27.5 Å². The molecule has 2 aromatic carbocycles. The van der Waals surface area contributed by atoms with Gasteiger partial charge in [-0.15, -0.1) is 11.3 Å². The number of amides is 1. The third-order valence-corrected chi connectivity index (χ3v) is 7.81. The van der Waals surface area contributed by atoms with E-state index in [1.54, 1.807) is 0 Å². The number of para-hydroxylation sites is 1. The molecule has 174 valence electrons. The summed E-state index contributed by atoms with van der Waals surface area (Å²) in [6.45, 7) is 4.89. The molecule has 0 saturated carbocycles. The van der Waals surface area contributed by atoms with Gasteiger partial charge >= 0.3 is 0 Å². The van der Waals surface area contributed by atoms with Crippen LogP contribution in [0, 0.1) is 0 Å². The van der Waals surface area contributed by atoms with Gasteiger partial charge in [-0.1, -0.05) is 43.5 Å². The van der Waals surface area contributed by atoms with E-state index in [4.69, 9.17) is 4.74 Å². The Morgan fingerprint density at radius 1 is 0.909 bits per heavy atom. The molecule has 33 heavy (non-hydrogen) atoms. The van der Waals surface area contributed by atoms with Crippen LogP contribution in [-0.4, -0.2) is 53.0 Å². The normalized spacial score (nSPS) is 18.7. The van der Waals surface area contributed by atoms with Gasteiger partial charge in [0.25, 0.3) is 5.91 Å². The maximum Gasteiger partial charge on any atom is 0.282 e. The molecule has 2 aliphatic heterocycles. The van der Waals surface area contributed by atoms with Crippen LogP contribution in [0.4, 0.5) is 0 Å². The van der Waals surface area contributed by atoms with E-state index in [0.717, 1.165) is 35.4 Å². The summed E-state index contributed by atoms with van der Waals surface area (Å²) in [6, 6.07) is 16.6. The van der Waals surface area contributed by atoms with Gasteiger partial charge in [-0.25, -0.2) is 4.98 Å². The lowest BCUT2D eigenvalue weighted by Crippen LogP contribution is -2.41. The number of rotatable bonds is 5. The van der Waals surface area contributed by atoms with Gasteiger partial charge in [0.1, 0.15) is 11.9 Å². The third-order valence-electron chi connectivity index (χ3n) is 6.79. The summed E-state index contributed by atoms with van der Waals surface area (Å²) in [6.07, 6.45) is 8.64. The second-order valence-corrected chi connectivity index (χ2v) is 10.3. The average molecular weight is 464 g/mol. The molecular formula is C27H33N3O2S. The Morgan fingerprint density at radius 2 is 1.61 bits per heavy atom. The number of hydrogen-bond acceptors (Lipinski definition) is 5. The second-order valence-electron chi connectivity index (χ2n) is 9.28. The van der Waals surface area contributed by atoms with Crippen LogP contribution < -0.4 is 4.74 Å². The smallest absolute Gasteiger partial charge is 0.282 e. The van der Waals surface area contributed by atoms with Crippen molar-refractivity contribution < 1.29 is 9.53 Å². The summed E-state index contributed by atoms with van der Waals surface area (Å²) in [5, 5.41) is 0.589. The van der Waals surface area contributed by atoms with Crippen LogP contribution in [-0.2, 0) is 6.54 Å². The zero-order valence-electron chi connectivity index (χ0n) is 19.2. The monoisotopic (exact) mass is 463 g/mol. The summed E-state index contributed by atoms with van der Waals surface area (Å²) in [4.78, 5) is 21.9. The third kappa shape index (κ3) is 5.74. The summed E-state index contributed by atoms with van der Waals surface area (Å²) < 4.78 is 7.32. The minimum atomic E-state index is 0.0446. The zero-order chi connectivity index (χ0) is 22.5. The van der Waals surface area contributed by atoms with Crippen molar-refractivity contribution in [2.45, 2.75) is 57.6 Å². The van der Waals surface area contributed by atoms with Gasteiger partial charge in [0.05, 0.1) is 10.2 Å². The first-order valence-corrected chi connectivity index (χ1v) is 13.2. The molecule has 0 aliphatic carbocycles. The Balaban J connectivity index is 1.10. The van der Waals surface area contributed by atoms with Crippen LogP contribution in [0.2, 0.25) is 0 Å². The van der Waals surface area contributed by atoms with Crippen LogP contribution in [0.3, 0.4) is 0 Å². The lowest BCUT2D eigenvalue weighted by molar-refractivity contribution is 0.0595. The minimum Gasteiger partial charge on any atom is -0.490 e. The van der Waals surface area contributed by atoms with E-state index >= 15 is 0 Å². The highest BCUT2D eigenvalue weighted by Gasteiger charge is 2.26. The maximum atomic E-state index is 12.9. The van der Waals surface area contributed by atoms with Crippen molar-refractivity contribution in [3.8, 4) is 5.75 Å². The fourth-order valence-electron chi connectivity index (χ4n) is 4.87. The molecule has 5 rings (SSSR count). The van der Waals surface area contributed by atoms with Gasteiger partial charge < -0.3 is 9.64 Å². The molecule has 2 fully saturated rings. The van der Waals surface area contributed by atoms with Gasteiger partial charge in [-0.2, -0.15) is 0 Å². The van der Waals surface area contributed by atoms with Gasteiger partial charge in [0, 0.05) is 32.5 Å². The number of ether oxygens (including phenoxy) is 1. The lowest BCUT2D eigenvalue weighted by atomic mass is 10.1. The Labute approximate surface area is 200 Å². The van der Waals surface area contributed by atoms with Crippen LogP contribution in [0.5, 0.6) is 5.75 Å². The SMILES string of the molecule is O=C(c1nc2ccccc2s1)N1CCC(Oc2ccc(CN3CCCCCCC3)cc2)CC1. The van der Waals surface area contributed by atoms with Crippen LogP contribution in [0.15, 0.2) is 48.5 Å². The highest BCUT2D eigenvalue weighted by molar-refractivity contribution is 7.20. The quantitative estimate of drug-likeness (QED) is 0.484. The van der Waals surface area contributed by atoms with E-state index < -0.39 is 0 Å². The first-order chi connectivity index (χ1) is 16.2. The standard InChI is InChI=1S/C27H33N3O2S/c31-27(26-28-24-8-4-5-9-25(24)33-26)30-18-14-23(15-19-30)32-22-12-10-21(11-13-22)20-29-16-6-2-1-3-7-17-29/h4-5,8-13,23H,1-3,6-7,14-20H2. The number of carbonyl (C=O) groups excluding carboxylic acids is 1. The molecular weight excluding hydrogens is 430 g/mol. The highest BCUT2D eigenvalue weighted by Crippen LogP contribution is 2.25. The van der Waals surface area contributed by atoms with Gasteiger partial charge in [-0.3, -0.25) is 9.69 Å². The van der Waals surface area contributed by atoms with Crippen molar-refractivity contribution in [2.24, 2.45) is 0 Å². The van der Waals surface area contributed by atoms with Crippen molar-refractivity contribution in [3.63, 3.8) is 0 Å². The molecule has 0 spiro atoms. The van der Waals surface area contributed by atoms with Crippen molar-refractivity contribution in [1.82, 2.24) is 14.8 Å². The first kappa shape index (κ1) is 22.4. The molecule has 0 atom stereocenters. The number of thiazole rings is 1. The van der Waals surface area contributed by atoms with Gasteiger partial charge in [-0.05, 0) is 55.8 Å². The Hall–Kier alpha value is -2.44. The summed E-state index contributed by atoms with van der Waals surface area (Å²) in [5.74, 6) is 0.977. The molecule has 0 N–H and O–H groups in total. The predicted octanol–water partition coefficient (Wildman–Crippen LogP) is 5.75. The number of aromatic nitrogens is 1. The largest absolute Gasteiger partial charge is 0.490 e. The molecule has 3 aromatic rings. The molecule has 5 nitrogen and oxygen atoms in total. The molecule has 1 aromatic heterocycles. The number of benzene rings is 2. The Kier molecular flexibility index (Phi) is 7.22. The number of hydrogen-bond donors (Lipinski definition) is 0. The fourth-order valence-corrected chi connectivity index (χ4v) is 5.80. The zero-order valence-corrected chi connectivity index (χ0v) is 20.1. The van der Waals surface area contributed by atoms with Crippen molar-refractivity contribution in [3.05, 3.63) is 59.1 Å². The number of likely N-dealkylation sites (tertiary alicyclic amines) is 2. The summed E-state index contributed by atoms with van der Waals surface area (Å²) in [7, 11) is 0. The van der Waals surface area contributed by atoms with Crippen molar-refractivity contribution in [1.29, 1.82) is 0 Å². The van der Waals surface area contributed by atoms with E-state index in [0.29, 0.717) is 18.1 Å². The molecule has 0 unspecified atom stereocenters. The molecule has 3 heterocycles. The number of nitrogens with zero attached hydrogens (tertiary/aromatic N) is 3. The number of piperidine rings is 1. The summed E-state index contributed by atoms with van der Waals surface area (Å²) in [5.41, 5.74) is 2.26. The van der Waals surface area contributed by atoms with Crippen LogP contribution >= 0.6 is 11.3 Å². The van der Waals surface area contributed by atoms with E-state index in [2.05, 4.69) is 34.1 Å². The highest BCUT2D eigenvalue weighted by atomic mass is 32.1. The maximum absolute atomic E-state index is 12.9. The average Bonchev–Trinajstić information content (AvgIpc) is 3.26. The van der Waals surface area contributed by atoms with Crippen molar-refractivity contribution in [2.75, 3.05) is 26.2 Å². The van der Waals surface area contributed by atoms with Crippen LogP contribution in [0.25, 0.3) is 10.2 Å². The summed E-state index contributed by atoms with van der Waals surface area (Å²) >= 11 is 1.48. The minimum absolute atomic E-state index is 0.0446. The number of carbonyl (C=O) groups is 1. The Bertz CT molecular complexity index is 1020. The molecule has 0 radical (unpaired) electrons. The van der Waals surface area contributed by atoms with E-state index in [9.17, 15) is 4.79 Å². The topological polar surface area (TPSA) is 45.7 Å². The van der Waals surface area contributed by atoms with E-state index in [-0.39, 0.29) is 12.0 Å². The van der Waals surface area contributed by atoms with E-state index in [1.165, 1.54) is 62.1 Å². The van der Waals surface area contributed by atoms with Gasteiger partial charge in [0.2, 0.25) is 0 Å². The van der Waals surface area contributed by atoms with E-state index in [1.807, 2.05) is 29.2 Å². The molecule has 1 amide bonds. The Morgan fingerprint density at radius 3 is 2.33 bits per heavy atom. The molecule has 0 bridgehead atoms. The number of fused-ring (bicyclic) bond motifs is 1. The second kappa shape index (κ2) is 10.7. The van der Waals surface area contributed by atoms with Gasteiger partial charge in [0.15, 0.2) is 5.01 Å². The fraction of sp³-hybridized carbons (Fsp3) is 0.481.